The lowest BCUT2D eigenvalue weighted by Crippen LogP contribution is -2.50. The van der Waals surface area contributed by atoms with E-state index in [1.165, 1.54) is 12.1 Å². The number of alkyl halides is 3. The summed E-state index contributed by atoms with van der Waals surface area (Å²) >= 11 is 6.08. The van der Waals surface area contributed by atoms with E-state index in [1.807, 2.05) is 0 Å². The highest BCUT2D eigenvalue weighted by Crippen LogP contribution is 2.45. The van der Waals surface area contributed by atoms with Gasteiger partial charge in [0.05, 0.1) is 27.9 Å². The summed E-state index contributed by atoms with van der Waals surface area (Å²) in [6, 6.07) is 2.92. The molecular formula is C22H19ClF3N5O. The molecule has 0 saturated carbocycles. The van der Waals surface area contributed by atoms with E-state index in [-0.39, 0.29) is 17.6 Å². The third-order valence-corrected chi connectivity index (χ3v) is 6.55. The van der Waals surface area contributed by atoms with Gasteiger partial charge in [0.2, 0.25) is 0 Å². The first-order chi connectivity index (χ1) is 15.3. The molecule has 4 heterocycles. The van der Waals surface area contributed by atoms with E-state index in [2.05, 4.69) is 19.9 Å². The van der Waals surface area contributed by atoms with Crippen molar-refractivity contribution in [3.05, 3.63) is 63.8 Å². The zero-order valence-corrected chi connectivity index (χ0v) is 17.8. The predicted molar refractivity (Wildman–Crippen MR) is 111 cm³/mol. The van der Waals surface area contributed by atoms with Crippen molar-refractivity contribution in [1.29, 1.82) is 0 Å². The van der Waals surface area contributed by atoms with Crippen molar-refractivity contribution in [2.45, 2.75) is 50.9 Å². The Kier molecular flexibility index (Phi) is 4.96. The molecule has 2 aliphatic rings. The number of hydrogen-bond acceptors (Lipinski definition) is 4. The van der Waals surface area contributed by atoms with Gasteiger partial charge in [-0.1, -0.05) is 17.7 Å². The molecule has 1 N–H and O–H groups in total. The minimum absolute atomic E-state index is 0.140. The molecule has 1 amide bonds. The number of fused-ring (bicyclic) bond motifs is 4. The molecule has 166 valence electrons. The van der Waals surface area contributed by atoms with Gasteiger partial charge in [-0.2, -0.15) is 13.2 Å². The Bertz CT molecular complexity index is 1200. The third kappa shape index (κ3) is 3.35. The summed E-state index contributed by atoms with van der Waals surface area (Å²) in [5.74, 6) is 0.673. The monoisotopic (exact) mass is 461 g/mol. The fourth-order valence-corrected chi connectivity index (χ4v) is 5.15. The molecule has 5 rings (SSSR count). The van der Waals surface area contributed by atoms with Crippen LogP contribution in [0.2, 0.25) is 5.02 Å². The Labute approximate surface area is 186 Å². The SMILES string of the molecule is Cc1nc(-c2ncc[nH]2)c2c(n1)C1CCCC(C2)N1C(=O)c1cccc(C(F)(F)F)c1Cl. The summed E-state index contributed by atoms with van der Waals surface area (Å²) < 4.78 is 40.1. The van der Waals surface area contributed by atoms with Crippen molar-refractivity contribution in [3.63, 3.8) is 0 Å². The van der Waals surface area contributed by atoms with Gasteiger partial charge in [-0.15, -0.1) is 0 Å². The number of piperidine rings is 1. The Balaban J connectivity index is 1.60. The minimum Gasteiger partial charge on any atom is -0.343 e. The number of carbonyl (C=O) groups is 1. The molecule has 0 spiro atoms. The number of nitrogens with zero attached hydrogens (tertiary/aromatic N) is 4. The topological polar surface area (TPSA) is 74.8 Å². The van der Waals surface area contributed by atoms with Crippen molar-refractivity contribution in [2.75, 3.05) is 0 Å². The van der Waals surface area contributed by atoms with E-state index >= 15 is 0 Å². The van der Waals surface area contributed by atoms with Crippen molar-refractivity contribution in [2.24, 2.45) is 0 Å². The Morgan fingerprint density at radius 1 is 1.25 bits per heavy atom. The molecule has 0 aliphatic carbocycles. The Morgan fingerprint density at radius 2 is 2.06 bits per heavy atom. The van der Waals surface area contributed by atoms with Gasteiger partial charge in [0.15, 0.2) is 5.82 Å². The quantitative estimate of drug-likeness (QED) is 0.573. The smallest absolute Gasteiger partial charge is 0.343 e. The number of aryl methyl sites for hydroxylation is 1. The third-order valence-electron chi connectivity index (χ3n) is 6.14. The number of imidazole rings is 1. The minimum atomic E-state index is -4.64. The lowest BCUT2D eigenvalue weighted by molar-refractivity contribution is -0.137. The molecule has 2 aliphatic heterocycles. The summed E-state index contributed by atoms with van der Waals surface area (Å²) in [5.41, 5.74) is 1.22. The number of halogens is 4. The second-order valence-corrected chi connectivity index (χ2v) is 8.48. The van der Waals surface area contributed by atoms with Crippen LogP contribution in [0.1, 0.15) is 58.3 Å². The molecule has 2 bridgehead atoms. The van der Waals surface area contributed by atoms with Crippen molar-refractivity contribution in [3.8, 4) is 11.5 Å². The van der Waals surface area contributed by atoms with Crippen LogP contribution >= 0.6 is 11.6 Å². The summed E-state index contributed by atoms with van der Waals surface area (Å²) in [6.45, 7) is 1.78. The lowest BCUT2D eigenvalue weighted by atomic mass is 9.81. The van der Waals surface area contributed by atoms with Gasteiger partial charge in [0.1, 0.15) is 11.5 Å². The van der Waals surface area contributed by atoms with Crippen LogP contribution < -0.4 is 0 Å². The summed E-state index contributed by atoms with van der Waals surface area (Å²) in [6.07, 6.45) is 1.53. The normalized spacial score (nSPS) is 20.2. The number of carbonyl (C=O) groups excluding carboxylic acids is 1. The molecular weight excluding hydrogens is 443 g/mol. The van der Waals surface area contributed by atoms with Crippen molar-refractivity contribution in [1.82, 2.24) is 24.8 Å². The maximum absolute atomic E-state index is 13.5. The van der Waals surface area contributed by atoms with Gasteiger partial charge >= 0.3 is 6.18 Å². The highest BCUT2D eigenvalue weighted by Gasteiger charge is 2.44. The van der Waals surface area contributed by atoms with Crippen LogP contribution in [-0.2, 0) is 12.6 Å². The highest BCUT2D eigenvalue weighted by atomic mass is 35.5. The van der Waals surface area contributed by atoms with E-state index in [9.17, 15) is 18.0 Å². The van der Waals surface area contributed by atoms with Gasteiger partial charge < -0.3 is 9.88 Å². The first kappa shape index (κ1) is 20.9. The lowest BCUT2D eigenvalue weighted by Gasteiger charge is -2.46. The molecule has 2 aromatic heterocycles. The van der Waals surface area contributed by atoms with Gasteiger partial charge in [-0.25, -0.2) is 15.0 Å². The van der Waals surface area contributed by atoms with Crippen LogP contribution in [0, 0.1) is 6.92 Å². The molecule has 32 heavy (non-hydrogen) atoms. The van der Waals surface area contributed by atoms with Gasteiger partial charge in [0, 0.05) is 24.0 Å². The molecule has 2 atom stereocenters. The van der Waals surface area contributed by atoms with Crippen LogP contribution in [0.5, 0.6) is 0 Å². The largest absolute Gasteiger partial charge is 0.417 e. The summed E-state index contributed by atoms with van der Waals surface area (Å²) in [4.78, 5) is 31.8. The molecule has 1 aromatic carbocycles. The van der Waals surface area contributed by atoms with E-state index < -0.39 is 22.7 Å². The first-order valence-corrected chi connectivity index (χ1v) is 10.7. The maximum atomic E-state index is 13.5. The van der Waals surface area contributed by atoms with Crippen molar-refractivity contribution < 1.29 is 18.0 Å². The van der Waals surface area contributed by atoms with E-state index in [0.29, 0.717) is 30.2 Å². The number of aromatic nitrogens is 4. The van der Waals surface area contributed by atoms with E-state index in [4.69, 9.17) is 11.6 Å². The molecule has 1 saturated heterocycles. The van der Waals surface area contributed by atoms with Gasteiger partial charge in [-0.3, -0.25) is 4.79 Å². The number of hydrogen-bond donors (Lipinski definition) is 1. The zero-order chi connectivity index (χ0) is 22.6. The second-order valence-electron chi connectivity index (χ2n) is 8.10. The fourth-order valence-electron chi connectivity index (χ4n) is 4.83. The molecule has 3 aromatic rings. The number of rotatable bonds is 2. The first-order valence-electron chi connectivity index (χ1n) is 10.3. The van der Waals surface area contributed by atoms with E-state index in [0.717, 1.165) is 30.2 Å². The van der Waals surface area contributed by atoms with E-state index in [1.54, 1.807) is 24.2 Å². The Morgan fingerprint density at radius 3 is 2.78 bits per heavy atom. The second kappa shape index (κ2) is 7.58. The van der Waals surface area contributed by atoms with Crippen molar-refractivity contribution >= 4 is 17.5 Å². The average molecular weight is 462 g/mol. The average Bonchev–Trinajstić information content (AvgIpc) is 3.27. The van der Waals surface area contributed by atoms with Crippen LogP contribution in [0.15, 0.2) is 30.6 Å². The Hall–Kier alpha value is -2.94. The predicted octanol–water partition coefficient (Wildman–Crippen LogP) is 5.14. The standard InChI is InChI=1S/C22H19ClF3N5O/c1-11-29-18-14(19(30-11)20-27-8-9-28-20)10-12-4-2-7-16(18)31(12)21(32)13-5-3-6-15(17(13)23)22(24,25)26/h3,5-6,8-9,12,16H,2,4,7,10H2,1H3,(H,27,28). The molecule has 0 radical (unpaired) electrons. The summed E-state index contributed by atoms with van der Waals surface area (Å²) in [5, 5.41) is -0.566. The number of amides is 1. The fraction of sp³-hybridized carbons (Fsp3) is 0.364. The van der Waals surface area contributed by atoms with Gasteiger partial charge in [0.25, 0.3) is 5.91 Å². The number of aromatic amines is 1. The number of nitrogens with one attached hydrogen (secondary N) is 1. The number of benzene rings is 1. The highest BCUT2D eigenvalue weighted by molar-refractivity contribution is 6.34. The maximum Gasteiger partial charge on any atom is 0.417 e. The number of H-pyrrole nitrogens is 1. The summed E-state index contributed by atoms with van der Waals surface area (Å²) in [7, 11) is 0. The molecule has 10 heteroatoms. The zero-order valence-electron chi connectivity index (χ0n) is 17.1. The van der Waals surface area contributed by atoms with Crippen LogP contribution in [0.4, 0.5) is 13.2 Å². The van der Waals surface area contributed by atoms with Crippen LogP contribution in [-0.4, -0.2) is 36.8 Å². The van der Waals surface area contributed by atoms with Crippen LogP contribution in [0.25, 0.3) is 11.5 Å². The molecule has 1 fully saturated rings. The molecule has 2 unspecified atom stereocenters. The van der Waals surface area contributed by atoms with Crippen LogP contribution in [0.3, 0.4) is 0 Å². The molecule has 6 nitrogen and oxygen atoms in total. The van der Waals surface area contributed by atoms with Gasteiger partial charge in [-0.05, 0) is 44.7 Å².